The van der Waals surface area contributed by atoms with Crippen molar-refractivity contribution in [3.8, 4) is 5.75 Å². The molecule has 3 aromatic rings. The molecule has 0 fully saturated rings. The molecule has 0 amide bonds. The van der Waals surface area contributed by atoms with Crippen molar-refractivity contribution in [2.45, 2.75) is 19.4 Å². The molecule has 0 bridgehead atoms. The number of fused-ring (bicyclic) bond motifs is 1. The Morgan fingerprint density at radius 3 is 2.69 bits per heavy atom. The normalized spacial score (nSPS) is 16.2. The number of sulfonamides is 1. The van der Waals surface area contributed by atoms with E-state index >= 15 is 0 Å². The molecule has 32 heavy (non-hydrogen) atoms. The number of anilines is 1. The molecular weight excluding hydrogens is 464 g/mol. The average molecular weight is 484 g/mol. The highest BCUT2D eigenvalue weighted by atomic mass is 35.5. The smallest absolute Gasteiger partial charge is 0.211 e. The summed E-state index contributed by atoms with van der Waals surface area (Å²) < 4.78 is 64.6. The van der Waals surface area contributed by atoms with Gasteiger partial charge in [-0.1, -0.05) is 17.7 Å². The van der Waals surface area contributed by atoms with Gasteiger partial charge in [-0.3, -0.25) is 0 Å². The van der Waals surface area contributed by atoms with Gasteiger partial charge < -0.3 is 14.9 Å². The molecule has 0 saturated carbocycles. The maximum atomic E-state index is 14.3. The van der Waals surface area contributed by atoms with E-state index < -0.39 is 27.8 Å². The summed E-state index contributed by atoms with van der Waals surface area (Å²) in [6.07, 6.45) is 5.53. The van der Waals surface area contributed by atoms with Gasteiger partial charge in [-0.05, 0) is 31.1 Å². The summed E-state index contributed by atoms with van der Waals surface area (Å²) in [5, 5.41) is 0.227. The molecule has 0 saturated heterocycles. The molecule has 11 heteroatoms. The van der Waals surface area contributed by atoms with Crippen molar-refractivity contribution in [3.05, 3.63) is 58.5 Å². The number of aromatic nitrogens is 1. The van der Waals surface area contributed by atoms with Crippen LogP contribution in [0.25, 0.3) is 16.5 Å². The van der Waals surface area contributed by atoms with Gasteiger partial charge in [-0.25, -0.2) is 22.2 Å². The van der Waals surface area contributed by atoms with Crippen LogP contribution < -0.4 is 10.5 Å². The monoisotopic (exact) mass is 483 g/mol. The number of rotatable bonds is 5. The number of pyridine rings is 1. The third kappa shape index (κ3) is 4.05. The third-order valence-corrected chi connectivity index (χ3v) is 7.02. The van der Waals surface area contributed by atoms with Crippen molar-refractivity contribution in [2.24, 2.45) is 0 Å². The van der Waals surface area contributed by atoms with E-state index in [4.69, 9.17) is 26.5 Å². The second-order valence-corrected chi connectivity index (χ2v) is 9.84. The molecule has 7 nitrogen and oxygen atoms in total. The predicted molar refractivity (Wildman–Crippen MR) is 118 cm³/mol. The van der Waals surface area contributed by atoms with E-state index in [9.17, 15) is 17.2 Å². The van der Waals surface area contributed by atoms with Gasteiger partial charge in [0.05, 0.1) is 22.9 Å². The largest absolute Gasteiger partial charge is 0.478 e. The molecule has 2 N–H and O–H groups in total. The van der Waals surface area contributed by atoms with Crippen molar-refractivity contribution in [1.82, 2.24) is 9.29 Å². The first-order valence-corrected chi connectivity index (χ1v) is 11.9. The Morgan fingerprint density at radius 2 is 2.03 bits per heavy atom. The molecule has 1 aromatic carbocycles. The molecule has 0 unspecified atom stereocenters. The first-order chi connectivity index (χ1) is 15.1. The lowest BCUT2D eigenvalue weighted by molar-refractivity contribution is 0.221. The number of halogens is 3. The summed E-state index contributed by atoms with van der Waals surface area (Å²) in [4.78, 5) is 4.16. The van der Waals surface area contributed by atoms with Crippen molar-refractivity contribution >= 4 is 44.0 Å². The molecule has 1 aliphatic rings. The Morgan fingerprint density at radius 1 is 1.31 bits per heavy atom. The molecule has 1 atom stereocenters. The van der Waals surface area contributed by atoms with Gasteiger partial charge in [-0.15, -0.1) is 0 Å². The van der Waals surface area contributed by atoms with Gasteiger partial charge in [0.15, 0.2) is 11.4 Å². The zero-order valence-electron chi connectivity index (χ0n) is 17.2. The van der Waals surface area contributed by atoms with Crippen LogP contribution in [0.1, 0.15) is 30.6 Å². The number of nitrogen functional groups attached to an aromatic ring is 1. The SMILES string of the molecule is C[C@@H](Oc1c(N)ncc2c(C3=CCN(S(C)(=O)=O)CC3)coc12)c1c(F)ccc(F)c1Cl. The fourth-order valence-electron chi connectivity index (χ4n) is 3.69. The highest BCUT2D eigenvalue weighted by Gasteiger charge is 2.26. The van der Waals surface area contributed by atoms with Crippen LogP contribution in [0.2, 0.25) is 5.02 Å². The summed E-state index contributed by atoms with van der Waals surface area (Å²) in [5.74, 6) is -1.39. The van der Waals surface area contributed by atoms with E-state index in [2.05, 4.69) is 4.98 Å². The second-order valence-electron chi connectivity index (χ2n) is 7.48. The van der Waals surface area contributed by atoms with Crippen molar-refractivity contribution in [2.75, 3.05) is 25.1 Å². The minimum absolute atomic E-state index is 0.0130. The summed E-state index contributed by atoms with van der Waals surface area (Å²) in [6, 6.07) is 1.91. The Kier molecular flexibility index (Phi) is 5.87. The molecule has 170 valence electrons. The van der Waals surface area contributed by atoms with Crippen LogP contribution in [0.15, 0.2) is 35.1 Å². The number of benzene rings is 1. The topological polar surface area (TPSA) is 98.7 Å². The molecular formula is C21H20ClF2N3O4S. The quantitative estimate of drug-likeness (QED) is 0.535. The number of furan rings is 1. The van der Waals surface area contributed by atoms with Gasteiger partial charge in [-0.2, -0.15) is 4.31 Å². The molecule has 4 rings (SSSR count). The number of nitrogens with zero attached hydrogens (tertiary/aromatic N) is 2. The summed E-state index contributed by atoms with van der Waals surface area (Å²) in [5.41, 5.74) is 7.76. The highest BCUT2D eigenvalue weighted by Crippen LogP contribution is 2.40. The second kappa shape index (κ2) is 8.34. The van der Waals surface area contributed by atoms with E-state index in [0.29, 0.717) is 23.9 Å². The maximum Gasteiger partial charge on any atom is 0.211 e. The molecule has 1 aliphatic heterocycles. The van der Waals surface area contributed by atoms with Crippen LogP contribution in [0.5, 0.6) is 5.75 Å². The van der Waals surface area contributed by atoms with Gasteiger partial charge in [0, 0.05) is 30.4 Å². The van der Waals surface area contributed by atoms with Crippen LogP contribution in [-0.2, 0) is 10.0 Å². The number of hydrogen-bond donors (Lipinski definition) is 1. The van der Waals surface area contributed by atoms with Crippen LogP contribution >= 0.6 is 11.6 Å². The van der Waals surface area contributed by atoms with Crippen molar-refractivity contribution in [1.29, 1.82) is 0 Å². The molecule has 0 radical (unpaired) electrons. The molecule has 0 spiro atoms. The Bertz CT molecular complexity index is 1340. The summed E-state index contributed by atoms with van der Waals surface area (Å²) in [7, 11) is -3.27. The minimum Gasteiger partial charge on any atom is -0.478 e. The van der Waals surface area contributed by atoms with E-state index in [0.717, 1.165) is 23.3 Å². The number of nitrogens with two attached hydrogens (primary N) is 1. The average Bonchev–Trinajstić information content (AvgIpc) is 3.17. The first-order valence-electron chi connectivity index (χ1n) is 9.68. The fourth-order valence-corrected chi connectivity index (χ4v) is 4.77. The van der Waals surface area contributed by atoms with Crippen molar-refractivity contribution in [3.63, 3.8) is 0 Å². The Labute approximate surface area is 188 Å². The third-order valence-electron chi connectivity index (χ3n) is 5.37. The van der Waals surface area contributed by atoms with E-state index in [1.54, 1.807) is 0 Å². The van der Waals surface area contributed by atoms with Gasteiger partial charge in [0.1, 0.15) is 17.7 Å². The van der Waals surface area contributed by atoms with Gasteiger partial charge >= 0.3 is 0 Å². The molecule has 2 aromatic heterocycles. The zero-order chi connectivity index (χ0) is 23.2. The van der Waals surface area contributed by atoms with Gasteiger partial charge in [0.2, 0.25) is 15.8 Å². The van der Waals surface area contributed by atoms with E-state index in [-0.39, 0.29) is 28.7 Å². The lowest BCUT2D eigenvalue weighted by atomic mass is 10.0. The standard InChI is InChI=1S/C21H20ClF2N3O4S/c1-11(17-15(23)3-4-16(24)18(17)22)31-20-19-13(9-26-21(20)25)14(10-30-19)12-5-7-27(8-6-12)32(2,28)29/h3-5,9-11H,6-8H2,1-2H3,(H2,25,26)/t11-/m1/s1. The minimum atomic E-state index is -3.27. The Balaban J connectivity index is 1.70. The Hall–Kier alpha value is -2.69. The lowest BCUT2D eigenvalue weighted by Crippen LogP contribution is -2.33. The fraction of sp³-hybridized carbons (Fsp3) is 0.286. The van der Waals surface area contributed by atoms with Gasteiger partial charge in [0.25, 0.3) is 0 Å². The summed E-state index contributed by atoms with van der Waals surface area (Å²) >= 11 is 5.95. The van der Waals surface area contributed by atoms with E-state index in [1.165, 1.54) is 29.9 Å². The van der Waals surface area contributed by atoms with Crippen LogP contribution in [0.4, 0.5) is 14.6 Å². The van der Waals surface area contributed by atoms with Crippen LogP contribution in [0.3, 0.4) is 0 Å². The summed E-state index contributed by atoms with van der Waals surface area (Å²) in [6.45, 7) is 2.10. The lowest BCUT2D eigenvalue weighted by Gasteiger charge is -2.23. The molecule has 0 aliphatic carbocycles. The molecule has 3 heterocycles. The zero-order valence-corrected chi connectivity index (χ0v) is 18.8. The number of ether oxygens (including phenoxy) is 1. The highest BCUT2D eigenvalue weighted by molar-refractivity contribution is 7.88. The maximum absolute atomic E-state index is 14.3. The van der Waals surface area contributed by atoms with Crippen LogP contribution in [0, 0.1) is 11.6 Å². The predicted octanol–water partition coefficient (Wildman–Crippen LogP) is 4.53. The van der Waals surface area contributed by atoms with Crippen LogP contribution in [-0.4, -0.2) is 37.1 Å². The van der Waals surface area contributed by atoms with Crippen molar-refractivity contribution < 1.29 is 26.4 Å². The first kappa shape index (κ1) is 22.5. The van der Waals surface area contributed by atoms with E-state index in [1.807, 2.05) is 6.08 Å². The number of hydrogen-bond acceptors (Lipinski definition) is 6.